The van der Waals surface area contributed by atoms with Crippen LogP contribution in [0, 0.1) is 0 Å². The van der Waals surface area contributed by atoms with Crippen molar-refractivity contribution >= 4 is 6.21 Å². The first-order valence-electron chi connectivity index (χ1n) is 5.08. The van der Waals surface area contributed by atoms with E-state index in [0.29, 0.717) is 0 Å². The van der Waals surface area contributed by atoms with Crippen molar-refractivity contribution in [2.45, 2.75) is 13.0 Å². The maximum atomic E-state index is 4.48. The quantitative estimate of drug-likeness (QED) is 0.734. The smallest absolute Gasteiger partial charge is 0.0721 e. The zero-order valence-electron chi connectivity index (χ0n) is 8.72. The summed E-state index contributed by atoms with van der Waals surface area (Å²) in [5, 5.41) is 0. The highest BCUT2D eigenvalue weighted by molar-refractivity contribution is 5.77. The molecule has 1 atom stereocenters. The minimum Gasteiger partial charge on any atom is -0.360 e. The Morgan fingerprint density at radius 3 is 2.60 bits per heavy atom. The van der Waals surface area contributed by atoms with Crippen molar-refractivity contribution in [1.82, 2.24) is 4.98 Å². The molecule has 0 saturated heterocycles. The monoisotopic (exact) mass is 198 g/mol. The maximum absolute atomic E-state index is 4.48. The number of aliphatic imine (C=N–C) groups is 1. The molecule has 0 radical (unpaired) electrons. The zero-order valence-corrected chi connectivity index (χ0v) is 8.72. The largest absolute Gasteiger partial charge is 0.360 e. The molecule has 15 heavy (non-hydrogen) atoms. The second-order valence-corrected chi connectivity index (χ2v) is 3.49. The van der Waals surface area contributed by atoms with Crippen LogP contribution < -0.4 is 0 Å². The van der Waals surface area contributed by atoms with Gasteiger partial charge in [0.1, 0.15) is 0 Å². The van der Waals surface area contributed by atoms with Gasteiger partial charge in [0.15, 0.2) is 0 Å². The van der Waals surface area contributed by atoms with E-state index in [1.807, 2.05) is 42.7 Å². The lowest BCUT2D eigenvalue weighted by molar-refractivity contribution is 0.825. The number of benzene rings is 1. The number of hydrogen-bond donors (Lipinski definition) is 1. The van der Waals surface area contributed by atoms with Crippen LogP contribution in [0.4, 0.5) is 0 Å². The van der Waals surface area contributed by atoms with E-state index < -0.39 is 0 Å². The number of nitrogens with one attached hydrogen (secondary N) is 1. The van der Waals surface area contributed by atoms with Crippen LogP contribution in [0.25, 0.3) is 0 Å². The van der Waals surface area contributed by atoms with Crippen molar-refractivity contribution in [3.05, 3.63) is 59.9 Å². The predicted molar refractivity (Wildman–Crippen MR) is 63.2 cm³/mol. The van der Waals surface area contributed by atoms with E-state index in [1.54, 1.807) is 0 Å². The number of H-pyrrole nitrogens is 1. The summed E-state index contributed by atoms with van der Waals surface area (Å²) < 4.78 is 0. The summed E-state index contributed by atoms with van der Waals surface area (Å²) in [6, 6.07) is 14.5. The Hall–Kier alpha value is -1.83. The summed E-state index contributed by atoms with van der Waals surface area (Å²) in [6.07, 6.45) is 3.77. The van der Waals surface area contributed by atoms with Gasteiger partial charge in [-0.1, -0.05) is 30.3 Å². The Morgan fingerprint density at radius 2 is 1.93 bits per heavy atom. The average Bonchev–Trinajstić information content (AvgIpc) is 2.80. The lowest BCUT2D eigenvalue weighted by Gasteiger charge is -2.04. The van der Waals surface area contributed by atoms with Crippen molar-refractivity contribution in [2.24, 2.45) is 4.99 Å². The van der Waals surface area contributed by atoms with Crippen molar-refractivity contribution in [3.63, 3.8) is 0 Å². The lowest BCUT2D eigenvalue weighted by Crippen LogP contribution is -1.90. The molecule has 0 unspecified atom stereocenters. The first kappa shape index (κ1) is 9.71. The molecule has 0 aliphatic carbocycles. The van der Waals surface area contributed by atoms with Gasteiger partial charge in [-0.3, -0.25) is 4.99 Å². The second-order valence-electron chi connectivity index (χ2n) is 3.49. The first-order valence-corrected chi connectivity index (χ1v) is 5.08. The van der Waals surface area contributed by atoms with Gasteiger partial charge < -0.3 is 4.98 Å². The van der Waals surface area contributed by atoms with Crippen LogP contribution in [0.2, 0.25) is 0 Å². The molecule has 0 amide bonds. The molecule has 76 valence electrons. The molecule has 0 bridgehead atoms. The molecule has 2 nitrogen and oxygen atoms in total. The Morgan fingerprint density at radius 1 is 1.13 bits per heavy atom. The summed E-state index contributed by atoms with van der Waals surface area (Å²) in [5.41, 5.74) is 2.28. The topological polar surface area (TPSA) is 28.1 Å². The molecular weight excluding hydrogens is 184 g/mol. The van der Waals surface area contributed by atoms with Gasteiger partial charge in [0, 0.05) is 12.4 Å². The number of rotatable bonds is 3. The third-order valence-electron chi connectivity index (χ3n) is 2.34. The van der Waals surface area contributed by atoms with E-state index in [4.69, 9.17) is 0 Å². The zero-order chi connectivity index (χ0) is 10.5. The van der Waals surface area contributed by atoms with E-state index >= 15 is 0 Å². The molecule has 1 aromatic carbocycles. The Labute approximate surface area is 89.7 Å². The summed E-state index contributed by atoms with van der Waals surface area (Å²) in [4.78, 5) is 7.58. The Bertz CT molecular complexity index is 415. The second kappa shape index (κ2) is 4.60. The minimum absolute atomic E-state index is 0.203. The van der Waals surface area contributed by atoms with E-state index in [9.17, 15) is 0 Å². The molecule has 0 spiro atoms. The van der Waals surface area contributed by atoms with E-state index in [1.165, 1.54) is 5.56 Å². The number of nitrogens with zero attached hydrogens (tertiary/aromatic N) is 1. The highest BCUT2D eigenvalue weighted by Gasteiger charge is 1.99. The molecule has 0 saturated carbocycles. The van der Waals surface area contributed by atoms with Crippen LogP contribution in [-0.4, -0.2) is 11.2 Å². The van der Waals surface area contributed by atoms with Crippen molar-refractivity contribution < 1.29 is 0 Å². The van der Waals surface area contributed by atoms with Crippen molar-refractivity contribution in [1.29, 1.82) is 0 Å². The molecule has 1 N–H and O–H groups in total. The van der Waals surface area contributed by atoms with Crippen LogP contribution in [0.15, 0.2) is 53.7 Å². The van der Waals surface area contributed by atoms with Crippen LogP contribution in [0.3, 0.4) is 0 Å². The number of aromatic nitrogens is 1. The highest BCUT2D eigenvalue weighted by Crippen LogP contribution is 2.15. The fraction of sp³-hybridized carbons (Fsp3) is 0.154. The minimum atomic E-state index is 0.203. The lowest BCUT2D eigenvalue weighted by atomic mass is 10.1. The van der Waals surface area contributed by atoms with Gasteiger partial charge in [-0.2, -0.15) is 0 Å². The van der Waals surface area contributed by atoms with Gasteiger partial charge in [0.2, 0.25) is 0 Å². The summed E-state index contributed by atoms with van der Waals surface area (Å²) in [5.74, 6) is 0. The van der Waals surface area contributed by atoms with Gasteiger partial charge in [-0.05, 0) is 24.6 Å². The summed E-state index contributed by atoms with van der Waals surface area (Å²) >= 11 is 0. The summed E-state index contributed by atoms with van der Waals surface area (Å²) in [7, 11) is 0. The molecule has 2 rings (SSSR count). The molecule has 1 aromatic heterocycles. The highest BCUT2D eigenvalue weighted by atomic mass is 14.8. The molecule has 2 heteroatoms. The van der Waals surface area contributed by atoms with Gasteiger partial charge in [-0.15, -0.1) is 0 Å². The maximum Gasteiger partial charge on any atom is 0.0721 e. The van der Waals surface area contributed by atoms with Crippen LogP contribution in [-0.2, 0) is 0 Å². The molecule has 0 aliphatic rings. The van der Waals surface area contributed by atoms with Gasteiger partial charge in [0.25, 0.3) is 0 Å². The molecular formula is C13H14N2. The van der Waals surface area contributed by atoms with E-state index in [2.05, 4.69) is 29.0 Å². The fourth-order valence-electron chi connectivity index (χ4n) is 1.43. The Balaban J connectivity index is 2.07. The summed E-state index contributed by atoms with van der Waals surface area (Å²) in [6.45, 7) is 2.09. The van der Waals surface area contributed by atoms with E-state index in [0.717, 1.165) is 5.69 Å². The first-order chi connectivity index (χ1) is 7.36. The van der Waals surface area contributed by atoms with Gasteiger partial charge >= 0.3 is 0 Å². The number of hydrogen-bond acceptors (Lipinski definition) is 1. The molecule has 0 aliphatic heterocycles. The predicted octanol–water partition coefficient (Wildman–Crippen LogP) is 3.19. The van der Waals surface area contributed by atoms with Crippen molar-refractivity contribution in [2.75, 3.05) is 0 Å². The van der Waals surface area contributed by atoms with Crippen LogP contribution in [0.1, 0.15) is 24.2 Å². The van der Waals surface area contributed by atoms with Gasteiger partial charge in [0.05, 0.1) is 11.7 Å². The molecule has 0 fully saturated rings. The molecule has 1 heterocycles. The Kier molecular flexibility index (Phi) is 2.98. The standard InChI is InChI=1S/C13H14N2/c1-11(12-6-3-2-4-7-12)15-10-13-8-5-9-14-13/h2-11,14H,1H3/t11-/m1/s1. The fourth-order valence-corrected chi connectivity index (χ4v) is 1.43. The third-order valence-corrected chi connectivity index (χ3v) is 2.34. The van der Waals surface area contributed by atoms with Crippen LogP contribution in [0.5, 0.6) is 0 Å². The van der Waals surface area contributed by atoms with E-state index in [-0.39, 0.29) is 6.04 Å². The van der Waals surface area contributed by atoms with Gasteiger partial charge in [-0.25, -0.2) is 0 Å². The normalized spacial score (nSPS) is 13.1. The molecule has 2 aromatic rings. The van der Waals surface area contributed by atoms with Crippen LogP contribution >= 0.6 is 0 Å². The SMILES string of the molecule is C[C@@H](N=Cc1ccc[nH]1)c1ccccc1. The third kappa shape index (κ3) is 2.56. The number of aromatic amines is 1. The average molecular weight is 198 g/mol. The van der Waals surface area contributed by atoms with Crippen molar-refractivity contribution in [3.8, 4) is 0 Å².